The van der Waals surface area contributed by atoms with E-state index in [0.717, 1.165) is 32.5 Å². The second-order valence-electron chi connectivity index (χ2n) is 12.3. The van der Waals surface area contributed by atoms with Crippen molar-refractivity contribution in [1.29, 1.82) is 0 Å². The minimum Gasteiger partial charge on any atom is -0.379 e. The van der Waals surface area contributed by atoms with Crippen molar-refractivity contribution in [2.75, 3.05) is 145 Å². The summed E-state index contributed by atoms with van der Waals surface area (Å²) in [5, 5.41) is 0. The van der Waals surface area contributed by atoms with Crippen LogP contribution in [0.3, 0.4) is 0 Å². The summed E-state index contributed by atoms with van der Waals surface area (Å²) in [6, 6.07) is 0. The fourth-order valence-electron chi connectivity index (χ4n) is 5.03. The van der Waals surface area contributed by atoms with Gasteiger partial charge in [0.05, 0.1) is 132 Å². The molecule has 1 rings (SSSR count). The van der Waals surface area contributed by atoms with E-state index in [1.807, 2.05) is 0 Å². The molecule has 1 heterocycles. The van der Waals surface area contributed by atoms with Gasteiger partial charge in [-0.15, -0.1) is 0 Å². The van der Waals surface area contributed by atoms with E-state index in [-0.39, 0.29) is 6.29 Å². The van der Waals surface area contributed by atoms with Gasteiger partial charge in [0.25, 0.3) is 0 Å². The highest BCUT2D eigenvalue weighted by Gasteiger charge is 2.13. The third kappa shape index (κ3) is 38.7. The molecule has 0 radical (unpaired) electrons. The van der Waals surface area contributed by atoms with Crippen molar-refractivity contribution in [3.8, 4) is 0 Å². The molecular formula is C38H76O12. The van der Waals surface area contributed by atoms with Crippen LogP contribution in [0.5, 0.6) is 0 Å². The summed E-state index contributed by atoms with van der Waals surface area (Å²) in [5.41, 5.74) is 0. The van der Waals surface area contributed by atoms with Crippen molar-refractivity contribution in [3.05, 3.63) is 0 Å². The lowest BCUT2D eigenvalue weighted by molar-refractivity contribution is -0.169. The molecule has 0 amide bonds. The van der Waals surface area contributed by atoms with E-state index in [4.69, 9.17) is 56.8 Å². The van der Waals surface area contributed by atoms with E-state index in [1.54, 1.807) is 0 Å². The van der Waals surface area contributed by atoms with Gasteiger partial charge in [0.15, 0.2) is 6.29 Å². The van der Waals surface area contributed by atoms with Gasteiger partial charge < -0.3 is 56.8 Å². The summed E-state index contributed by atoms with van der Waals surface area (Å²) in [5.74, 6) is 0. The Hall–Kier alpha value is -0.480. The summed E-state index contributed by atoms with van der Waals surface area (Å²) in [4.78, 5) is 0. The Morgan fingerprint density at radius 1 is 0.340 bits per heavy atom. The van der Waals surface area contributed by atoms with Crippen molar-refractivity contribution >= 4 is 0 Å². The molecule has 1 fully saturated rings. The first-order chi connectivity index (χ1) is 24.9. The molecule has 1 saturated heterocycles. The second kappa shape index (κ2) is 42.9. The number of ether oxygens (including phenoxy) is 12. The Labute approximate surface area is 305 Å². The number of hydrogen-bond acceptors (Lipinski definition) is 12. The molecule has 1 unspecified atom stereocenters. The molecule has 1 atom stereocenters. The minimum atomic E-state index is -0.0625. The van der Waals surface area contributed by atoms with Gasteiger partial charge in [-0.2, -0.15) is 0 Å². The van der Waals surface area contributed by atoms with E-state index in [9.17, 15) is 0 Å². The molecule has 12 nitrogen and oxygen atoms in total. The third-order valence-corrected chi connectivity index (χ3v) is 7.91. The Morgan fingerprint density at radius 3 is 0.960 bits per heavy atom. The van der Waals surface area contributed by atoms with Gasteiger partial charge in [0.2, 0.25) is 0 Å². The lowest BCUT2D eigenvalue weighted by Gasteiger charge is -2.22. The van der Waals surface area contributed by atoms with Crippen LogP contribution in [0.15, 0.2) is 0 Å². The topological polar surface area (TPSA) is 111 Å². The highest BCUT2D eigenvalue weighted by atomic mass is 16.7. The normalized spacial score (nSPS) is 14.9. The summed E-state index contributed by atoms with van der Waals surface area (Å²) in [6.07, 6.45) is 18.1. The van der Waals surface area contributed by atoms with Gasteiger partial charge in [-0.25, -0.2) is 0 Å². The fourth-order valence-corrected chi connectivity index (χ4v) is 5.03. The molecule has 50 heavy (non-hydrogen) atoms. The minimum absolute atomic E-state index is 0.0625. The van der Waals surface area contributed by atoms with Crippen LogP contribution in [0.25, 0.3) is 0 Å². The molecule has 300 valence electrons. The molecule has 0 aliphatic carbocycles. The standard InChI is InChI=1S/C38H76O12/c1-2-3-4-5-6-7-8-9-10-11-13-16-39-18-19-40-20-21-41-22-23-42-24-25-43-26-27-44-28-29-45-30-31-46-32-33-47-34-35-48-36-37-50-38-15-12-14-17-49-38/h38H,2-37H2,1H3. The molecule has 0 aromatic rings. The maximum Gasteiger partial charge on any atom is 0.157 e. The third-order valence-electron chi connectivity index (χ3n) is 7.91. The van der Waals surface area contributed by atoms with Crippen molar-refractivity contribution in [3.63, 3.8) is 0 Å². The lowest BCUT2D eigenvalue weighted by Crippen LogP contribution is -2.24. The maximum atomic E-state index is 5.66. The monoisotopic (exact) mass is 725 g/mol. The quantitative estimate of drug-likeness (QED) is 0.0688. The molecule has 0 saturated carbocycles. The number of unbranched alkanes of at least 4 members (excludes halogenated alkanes) is 10. The summed E-state index contributed by atoms with van der Waals surface area (Å²) < 4.78 is 66.4. The summed E-state index contributed by atoms with van der Waals surface area (Å²) in [6.45, 7) is 14.8. The van der Waals surface area contributed by atoms with Gasteiger partial charge in [-0.05, 0) is 25.7 Å². The predicted octanol–water partition coefficient (Wildman–Crippen LogP) is 6.01. The Bertz CT molecular complexity index is 612. The number of hydrogen-bond donors (Lipinski definition) is 0. The van der Waals surface area contributed by atoms with Gasteiger partial charge >= 0.3 is 0 Å². The van der Waals surface area contributed by atoms with Crippen molar-refractivity contribution in [1.82, 2.24) is 0 Å². The molecule has 0 bridgehead atoms. The number of rotatable bonds is 43. The molecule has 0 aromatic carbocycles. The summed E-state index contributed by atoms with van der Waals surface area (Å²) in [7, 11) is 0. The molecule has 0 spiro atoms. The van der Waals surface area contributed by atoms with E-state index >= 15 is 0 Å². The molecule has 0 N–H and O–H groups in total. The van der Waals surface area contributed by atoms with Crippen LogP contribution in [0, 0.1) is 0 Å². The predicted molar refractivity (Wildman–Crippen MR) is 194 cm³/mol. The van der Waals surface area contributed by atoms with E-state index < -0.39 is 0 Å². The highest BCUT2D eigenvalue weighted by molar-refractivity contribution is 4.54. The molecule has 1 aliphatic rings. The van der Waals surface area contributed by atoms with E-state index in [1.165, 1.54) is 70.6 Å². The van der Waals surface area contributed by atoms with E-state index in [0.29, 0.717) is 132 Å². The maximum absolute atomic E-state index is 5.66. The van der Waals surface area contributed by atoms with Crippen LogP contribution in [-0.2, 0) is 56.8 Å². The zero-order valence-corrected chi connectivity index (χ0v) is 31.9. The van der Waals surface area contributed by atoms with Crippen LogP contribution in [0.4, 0.5) is 0 Å². The largest absolute Gasteiger partial charge is 0.379 e. The first-order valence-electron chi connectivity index (χ1n) is 19.9. The smallest absolute Gasteiger partial charge is 0.157 e. The van der Waals surface area contributed by atoms with Gasteiger partial charge in [0.1, 0.15) is 0 Å². The molecule has 0 aromatic heterocycles. The Balaban J connectivity index is 1.59. The zero-order chi connectivity index (χ0) is 35.5. The van der Waals surface area contributed by atoms with Crippen molar-refractivity contribution < 1.29 is 56.8 Å². The summed E-state index contributed by atoms with van der Waals surface area (Å²) >= 11 is 0. The average Bonchev–Trinajstić information content (AvgIpc) is 3.14. The lowest BCUT2D eigenvalue weighted by atomic mass is 10.1. The molecule has 1 aliphatic heterocycles. The van der Waals surface area contributed by atoms with Crippen molar-refractivity contribution in [2.45, 2.75) is 103 Å². The zero-order valence-electron chi connectivity index (χ0n) is 31.9. The highest BCUT2D eigenvalue weighted by Crippen LogP contribution is 2.13. The van der Waals surface area contributed by atoms with Gasteiger partial charge in [-0.3, -0.25) is 0 Å². The van der Waals surface area contributed by atoms with Crippen LogP contribution in [0.1, 0.15) is 96.8 Å². The first-order valence-corrected chi connectivity index (χ1v) is 19.9. The second-order valence-corrected chi connectivity index (χ2v) is 12.3. The Kier molecular flexibility index (Phi) is 40.8. The van der Waals surface area contributed by atoms with Crippen LogP contribution < -0.4 is 0 Å². The fraction of sp³-hybridized carbons (Fsp3) is 1.00. The molecule has 12 heteroatoms. The van der Waals surface area contributed by atoms with Gasteiger partial charge in [-0.1, -0.05) is 71.1 Å². The van der Waals surface area contributed by atoms with E-state index in [2.05, 4.69) is 6.92 Å². The van der Waals surface area contributed by atoms with Crippen molar-refractivity contribution in [2.24, 2.45) is 0 Å². The Morgan fingerprint density at radius 2 is 0.640 bits per heavy atom. The molecular weight excluding hydrogens is 648 g/mol. The van der Waals surface area contributed by atoms with Crippen LogP contribution in [-0.4, -0.2) is 152 Å². The first kappa shape index (κ1) is 47.5. The van der Waals surface area contributed by atoms with Gasteiger partial charge in [0, 0.05) is 13.2 Å². The van der Waals surface area contributed by atoms with Crippen LogP contribution >= 0.6 is 0 Å². The SMILES string of the molecule is CCCCCCCCCCCCCOCCOCCOCCOCCOCCOCCOCCOCCOCCOCCOC1CCCCO1. The van der Waals surface area contributed by atoms with Crippen LogP contribution in [0.2, 0.25) is 0 Å². The average molecular weight is 725 g/mol.